The van der Waals surface area contributed by atoms with Crippen molar-refractivity contribution in [1.29, 1.82) is 0 Å². The van der Waals surface area contributed by atoms with Crippen molar-refractivity contribution < 1.29 is 9.50 Å². The van der Waals surface area contributed by atoms with E-state index in [0.29, 0.717) is 5.56 Å². The van der Waals surface area contributed by atoms with Gasteiger partial charge in [-0.25, -0.2) is 4.39 Å². The van der Waals surface area contributed by atoms with E-state index in [-0.39, 0.29) is 0 Å². The predicted molar refractivity (Wildman–Crippen MR) is 60.3 cm³/mol. The van der Waals surface area contributed by atoms with Crippen LogP contribution >= 0.6 is 27.3 Å². The van der Waals surface area contributed by atoms with E-state index in [4.69, 9.17) is 0 Å². The quantitative estimate of drug-likeness (QED) is 0.921. The molecule has 0 fully saturated rings. The van der Waals surface area contributed by atoms with Gasteiger partial charge in [0.2, 0.25) is 0 Å². The molecule has 0 aliphatic heterocycles. The van der Waals surface area contributed by atoms with E-state index in [0.717, 1.165) is 15.5 Å². The molecule has 0 amide bonds. The summed E-state index contributed by atoms with van der Waals surface area (Å²) in [5.74, 6) is -0.445. The fourth-order valence-corrected chi connectivity index (χ4v) is 2.83. The minimum absolute atomic E-state index is 0.445. The van der Waals surface area contributed by atoms with Crippen molar-refractivity contribution in [2.24, 2.45) is 0 Å². The van der Waals surface area contributed by atoms with Crippen LogP contribution in [0.3, 0.4) is 0 Å². The second kappa shape index (κ2) is 4.38. The summed E-state index contributed by atoms with van der Waals surface area (Å²) in [6.07, 6.45) is 1.74. The van der Waals surface area contributed by atoms with Gasteiger partial charge in [0.1, 0.15) is 11.9 Å². The summed E-state index contributed by atoms with van der Waals surface area (Å²) in [7, 11) is 0. The summed E-state index contributed by atoms with van der Waals surface area (Å²) in [5.41, 5.74) is 0.457. The Labute approximate surface area is 98.5 Å². The zero-order chi connectivity index (χ0) is 10.8. The molecule has 1 N–H and O–H groups in total. The van der Waals surface area contributed by atoms with Crippen LogP contribution in [0, 0.1) is 5.82 Å². The molecule has 2 aromatic rings. The van der Waals surface area contributed by atoms with Gasteiger partial charge >= 0.3 is 0 Å². The highest BCUT2D eigenvalue weighted by Gasteiger charge is 2.15. The highest BCUT2D eigenvalue weighted by Crippen LogP contribution is 2.32. The van der Waals surface area contributed by atoms with Gasteiger partial charge < -0.3 is 5.11 Å². The maximum absolute atomic E-state index is 12.9. The molecule has 78 valence electrons. The first-order chi connectivity index (χ1) is 7.18. The van der Waals surface area contributed by atoms with Gasteiger partial charge in [0.05, 0.1) is 11.1 Å². The lowest BCUT2D eigenvalue weighted by molar-refractivity contribution is 0.222. The fraction of sp³-hybridized carbons (Fsp3) is 0.100. The van der Waals surface area contributed by atoms with Crippen LogP contribution in [0.4, 0.5) is 4.39 Å². The molecule has 2 heterocycles. The lowest BCUT2D eigenvalue weighted by Crippen LogP contribution is -1.99. The van der Waals surface area contributed by atoms with Crippen LogP contribution in [0.2, 0.25) is 0 Å². The number of hydrogen-bond acceptors (Lipinski definition) is 3. The molecule has 0 saturated carbocycles. The maximum atomic E-state index is 12.9. The van der Waals surface area contributed by atoms with Gasteiger partial charge in [0, 0.05) is 16.2 Å². The van der Waals surface area contributed by atoms with Crippen LogP contribution in [-0.4, -0.2) is 10.1 Å². The van der Waals surface area contributed by atoms with E-state index in [9.17, 15) is 9.50 Å². The third-order valence-electron chi connectivity index (χ3n) is 1.93. The zero-order valence-electron chi connectivity index (χ0n) is 7.52. The molecule has 2 rings (SSSR count). The van der Waals surface area contributed by atoms with Crippen LogP contribution in [0.15, 0.2) is 34.4 Å². The first-order valence-corrected chi connectivity index (χ1v) is 5.87. The first kappa shape index (κ1) is 10.7. The molecule has 2 aromatic heterocycles. The molecule has 1 unspecified atom stereocenters. The molecule has 0 saturated heterocycles. The summed E-state index contributed by atoms with van der Waals surface area (Å²) < 4.78 is 13.7. The van der Waals surface area contributed by atoms with Crippen molar-refractivity contribution in [3.8, 4) is 0 Å². The minimum Gasteiger partial charge on any atom is -0.383 e. The minimum atomic E-state index is -0.831. The van der Waals surface area contributed by atoms with E-state index in [1.807, 2.05) is 11.4 Å². The van der Waals surface area contributed by atoms with Gasteiger partial charge in [0.25, 0.3) is 0 Å². The van der Waals surface area contributed by atoms with Gasteiger partial charge in [-0.2, -0.15) is 0 Å². The standard InChI is InChI=1S/C10H7BrFNOS/c11-8-1-2-15-10(8)9(14)6-3-7(12)5-13-4-6/h1-5,9,14H. The Hall–Kier alpha value is -0.780. The molecule has 1 atom stereocenters. The van der Waals surface area contributed by atoms with Gasteiger partial charge in [-0.05, 0) is 33.4 Å². The third kappa shape index (κ3) is 2.25. The lowest BCUT2D eigenvalue weighted by atomic mass is 10.1. The molecule has 5 heteroatoms. The van der Waals surface area contributed by atoms with Gasteiger partial charge in [-0.15, -0.1) is 11.3 Å². The van der Waals surface area contributed by atoms with Crippen molar-refractivity contribution in [3.05, 3.63) is 50.6 Å². The summed E-state index contributed by atoms with van der Waals surface area (Å²) in [6.45, 7) is 0. The van der Waals surface area contributed by atoms with E-state index in [1.165, 1.54) is 23.6 Å². The zero-order valence-corrected chi connectivity index (χ0v) is 9.93. The molecule has 0 bridgehead atoms. The predicted octanol–water partition coefficient (Wildman–Crippen LogP) is 3.13. The topological polar surface area (TPSA) is 33.1 Å². The van der Waals surface area contributed by atoms with Crippen LogP contribution < -0.4 is 0 Å². The summed E-state index contributed by atoms with van der Waals surface area (Å²) in [5, 5.41) is 11.8. The van der Waals surface area contributed by atoms with Crippen molar-refractivity contribution in [1.82, 2.24) is 4.98 Å². The monoisotopic (exact) mass is 287 g/mol. The highest BCUT2D eigenvalue weighted by molar-refractivity contribution is 9.10. The summed E-state index contributed by atoms with van der Waals surface area (Å²) in [4.78, 5) is 4.45. The average Bonchev–Trinajstić information content (AvgIpc) is 2.63. The second-order valence-corrected chi connectivity index (χ2v) is 4.77. The number of halogens is 2. The molecular weight excluding hydrogens is 281 g/mol. The molecule has 0 aliphatic rings. The fourth-order valence-electron chi connectivity index (χ4n) is 1.23. The Morgan fingerprint density at radius 1 is 1.47 bits per heavy atom. The Bertz CT molecular complexity index is 474. The normalized spacial score (nSPS) is 12.7. The molecular formula is C10H7BrFNOS. The number of aliphatic hydroxyl groups excluding tert-OH is 1. The van der Waals surface area contributed by atoms with Gasteiger partial charge in [0.15, 0.2) is 0 Å². The van der Waals surface area contributed by atoms with Gasteiger partial charge in [-0.1, -0.05) is 0 Å². The number of thiophene rings is 1. The summed E-state index contributed by atoms with van der Waals surface area (Å²) >= 11 is 4.73. The van der Waals surface area contributed by atoms with E-state index in [1.54, 1.807) is 0 Å². The molecule has 0 aliphatic carbocycles. The molecule has 0 radical (unpaired) electrons. The van der Waals surface area contributed by atoms with Crippen LogP contribution in [0.5, 0.6) is 0 Å². The van der Waals surface area contributed by atoms with E-state index in [2.05, 4.69) is 20.9 Å². The van der Waals surface area contributed by atoms with Crippen molar-refractivity contribution in [2.75, 3.05) is 0 Å². The molecule has 2 nitrogen and oxygen atoms in total. The van der Waals surface area contributed by atoms with Crippen LogP contribution in [0.1, 0.15) is 16.5 Å². The smallest absolute Gasteiger partial charge is 0.141 e. The Morgan fingerprint density at radius 2 is 2.27 bits per heavy atom. The summed E-state index contributed by atoms with van der Waals surface area (Å²) in [6, 6.07) is 3.12. The Balaban J connectivity index is 2.36. The van der Waals surface area contributed by atoms with E-state index < -0.39 is 11.9 Å². The molecule has 0 aromatic carbocycles. The number of hydrogen-bond donors (Lipinski definition) is 1. The van der Waals surface area contributed by atoms with Gasteiger partial charge in [-0.3, -0.25) is 4.98 Å². The Morgan fingerprint density at radius 3 is 2.87 bits per heavy atom. The second-order valence-electron chi connectivity index (χ2n) is 2.97. The first-order valence-electron chi connectivity index (χ1n) is 4.20. The van der Waals surface area contributed by atoms with Crippen LogP contribution in [0.25, 0.3) is 0 Å². The van der Waals surface area contributed by atoms with Crippen molar-refractivity contribution in [2.45, 2.75) is 6.10 Å². The highest BCUT2D eigenvalue weighted by atomic mass is 79.9. The number of rotatable bonds is 2. The largest absolute Gasteiger partial charge is 0.383 e. The number of aliphatic hydroxyl groups is 1. The SMILES string of the molecule is OC(c1cncc(F)c1)c1sccc1Br. The number of nitrogens with zero attached hydrogens (tertiary/aromatic N) is 1. The Kier molecular flexibility index (Phi) is 3.14. The van der Waals surface area contributed by atoms with Crippen molar-refractivity contribution in [3.63, 3.8) is 0 Å². The lowest BCUT2D eigenvalue weighted by Gasteiger charge is -2.09. The van der Waals surface area contributed by atoms with Crippen LogP contribution in [-0.2, 0) is 0 Å². The average molecular weight is 288 g/mol. The number of aromatic nitrogens is 1. The molecule has 15 heavy (non-hydrogen) atoms. The maximum Gasteiger partial charge on any atom is 0.141 e. The molecule has 0 spiro atoms. The number of pyridine rings is 1. The third-order valence-corrected chi connectivity index (χ3v) is 3.86. The van der Waals surface area contributed by atoms with E-state index >= 15 is 0 Å². The van der Waals surface area contributed by atoms with Crippen molar-refractivity contribution >= 4 is 27.3 Å².